The summed E-state index contributed by atoms with van der Waals surface area (Å²) in [4.78, 5) is 26.8. The SMILES string of the molecule is COc1cc([C@H]2NC(=O)c3c(sc4c3CC[C@@H](C)C4)N2)ccc1OC(=O)c1ccc(Cl)cc1. The number of thiophene rings is 1. The van der Waals surface area contributed by atoms with Gasteiger partial charge in [-0.1, -0.05) is 24.6 Å². The van der Waals surface area contributed by atoms with Gasteiger partial charge in [-0.3, -0.25) is 4.79 Å². The van der Waals surface area contributed by atoms with Crippen LogP contribution in [0.5, 0.6) is 11.5 Å². The molecule has 2 N–H and O–H groups in total. The van der Waals surface area contributed by atoms with Crippen LogP contribution in [0.3, 0.4) is 0 Å². The summed E-state index contributed by atoms with van der Waals surface area (Å²) in [5.74, 6) is 0.771. The van der Waals surface area contributed by atoms with Crippen molar-refractivity contribution in [2.75, 3.05) is 12.4 Å². The van der Waals surface area contributed by atoms with E-state index in [-0.39, 0.29) is 5.91 Å². The average molecular weight is 483 g/mol. The first-order valence-corrected chi connectivity index (χ1v) is 12.0. The summed E-state index contributed by atoms with van der Waals surface area (Å²) in [6.45, 7) is 2.26. The lowest BCUT2D eigenvalue weighted by Crippen LogP contribution is -2.38. The molecule has 0 saturated carbocycles. The Kier molecular flexibility index (Phi) is 5.76. The molecule has 2 aromatic carbocycles. The van der Waals surface area contributed by atoms with E-state index >= 15 is 0 Å². The lowest BCUT2D eigenvalue weighted by atomic mass is 9.88. The average Bonchev–Trinajstić information content (AvgIpc) is 3.17. The Morgan fingerprint density at radius 1 is 1.12 bits per heavy atom. The molecule has 8 heteroatoms. The van der Waals surface area contributed by atoms with Crippen LogP contribution in [-0.2, 0) is 12.8 Å². The summed E-state index contributed by atoms with van der Waals surface area (Å²) in [7, 11) is 1.51. The molecule has 33 heavy (non-hydrogen) atoms. The minimum absolute atomic E-state index is 0.0574. The van der Waals surface area contributed by atoms with Gasteiger partial charge in [-0.05, 0) is 72.7 Å². The van der Waals surface area contributed by atoms with Gasteiger partial charge in [0.05, 0.1) is 18.2 Å². The monoisotopic (exact) mass is 482 g/mol. The number of hydrogen-bond acceptors (Lipinski definition) is 6. The van der Waals surface area contributed by atoms with E-state index in [9.17, 15) is 9.59 Å². The molecule has 2 aliphatic rings. The van der Waals surface area contributed by atoms with E-state index in [1.807, 2.05) is 6.07 Å². The van der Waals surface area contributed by atoms with Gasteiger partial charge in [-0.15, -0.1) is 11.3 Å². The van der Waals surface area contributed by atoms with Crippen LogP contribution >= 0.6 is 22.9 Å². The first kappa shape index (κ1) is 21.8. The van der Waals surface area contributed by atoms with E-state index in [1.165, 1.54) is 17.6 Å². The summed E-state index contributed by atoms with van der Waals surface area (Å²) in [6, 6.07) is 11.7. The highest BCUT2D eigenvalue weighted by Crippen LogP contribution is 2.43. The van der Waals surface area contributed by atoms with Gasteiger partial charge in [0.1, 0.15) is 11.2 Å². The standard InChI is InChI=1S/C25H23ClN2O4S/c1-13-3-9-17-20(11-13)33-24-21(17)23(29)27-22(28-24)15-6-10-18(19(12-15)31-2)32-25(30)14-4-7-16(26)8-5-14/h4-8,10,12-13,22,28H,3,9,11H2,1-2H3,(H,27,29)/t13-,22+/m1/s1. The van der Waals surface area contributed by atoms with Gasteiger partial charge < -0.3 is 20.1 Å². The Labute approximate surface area is 200 Å². The van der Waals surface area contributed by atoms with Gasteiger partial charge in [0.15, 0.2) is 11.5 Å². The van der Waals surface area contributed by atoms with Crippen LogP contribution in [0.25, 0.3) is 0 Å². The van der Waals surface area contributed by atoms with Gasteiger partial charge in [0.2, 0.25) is 0 Å². The van der Waals surface area contributed by atoms with Crippen molar-refractivity contribution in [3.8, 4) is 11.5 Å². The molecule has 1 aliphatic carbocycles. The Morgan fingerprint density at radius 2 is 1.91 bits per heavy atom. The molecule has 1 aliphatic heterocycles. The molecule has 0 bridgehead atoms. The molecule has 1 aromatic heterocycles. The molecular formula is C25H23ClN2O4S. The van der Waals surface area contributed by atoms with E-state index < -0.39 is 12.1 Å². The number of amides is 1. The molecule has 0 radical (unpaired) electrons. The van der Waals surface area contributed by atoms with Crippen LogP contribution in [-0.4, -0.2) is 19.0 Å². The fourth-order valence-electron chi connectivity index (χ4n) is 4.32. The zero-order chi connectivity index (χ0) is 23.1. The summed E-state index contributed by atoms with van der Waals surface area (Å²) < 4.78 is 11.0. The maximum absolute atomic E-state index is 13.0. The van der Waals surface area contributed by atoms with Crippen molar-refractivity contribution in [1.29, 1.82) is 0 Å². The second kappa shape index (κ2) is 8.72. The molecule has 0 unspecified atom stereocenters. The molecular weight excluding hydrogens is 460 g/mol. The molecule has 6 nitrogen and oxygen atoms in total. The molecule has 170 valence electrons. The normalized spacial score (nSPS) is 19.1. The highest BCUT2D eigenvalue weighted by molar-refractivity contribution is 7.16. The predicted molar refractivity (Wildman–Crippen MR) is 129 cm³/mol. The van der Waals surface area contributed by atoms with Crippen LogP contribution < -0.4 is 20.1 Å². The third-order valence-electron chi connectivity index (χ3n) is 6.09. The van der Waals surface area contributed by atoms with Crippen molar-refractivity contribution in [1.82, 2.24) is 5.32 Å². The zero-order valence-electron chi connectivity index (χ0n) is 18.2. The number of carbonyl (C=O) groups excluding carboxylic acids is 2. The highest BCUT2D eigenvalue weighted by atomic mass is 35.5. The number of rotatable bonds is 4. The van der Waals surface area contributed by atoms with Crippen molar-refractivity contribution in [2.45, 2.75) is 32.4 Å². The Balaban J connectivity index is 1.38. The summed E-state index contributed by atoms with van der Waals surface area (Å²) >= 11 is 7.57. The van der Waals surface area contributed by atoms with E-state index in [0.717, 1.165) is 35.4 Å². The van der Waals surface area contributed by atoms with Crippen molar-refractivity contribution in [3.63, 3.8) is 0 Å². The first-order chi connectivity index (χ1) is 15.9. The number of methoxy groups -OCH3 is 1. The van der Waals surface area contributed by atoms with Crippen LogP contribution in [0, 0.1) is 5.92 Å². The number of ether oxygens (including phenoxy) is 2. The fraction of sp³-hybridized carbons (Fsp3) is 0.280. The van der Waals surface area contributed by atoms with E-state index in [1.54, 1.807) is 47.7 Å². The Hall–Kier alpha value is -3.03. The quantitative estimate of drug-likeness (QED) is 0.373. The number of nitrogens with one attached hydrogen (secondary N) is 2. The zero-order valence-corrected chi connectivity index (χ0v) is 19.8. The minimum atomic E-state index is -0.509. The van der Waals surface area contributed by atoms with Crippen LogP contribution in [0.4, 0.5) is 5.00 Å². The second-order valence-corrected chi connectivity index (χ2v) is 9.96. The molecule has 0 saturated heterocycles. The van der Waals surface area contributed by atoms with Crippen LogP contribution in [0.2, 0.25) is 5.02 Å². The molecule has 2 atom stereocenters. The highest BCUT2D eigenvalue weighted by Gasteiger charge is 2.33. The van der Waals surface area contributed by atoms with Gasteiger partial charge >= 0.3 is 5.97 Å². The maximum atomic E-state index is 13.0. The van der Waals surface area contributed by atoms with Crippen molar-refractivity contribution < 1.29 is 19.1 Å². The van der Waals surface area contributed by atoms with Gasteiger partial charge in [0, 0.05) is 9.90 Å². The van der Waals surface area contributed by atoms with Crippen molar-refractivity contribution >= 4 is 39.8 Å². The Morgan fingerprint density at radius 3 is 2.67 bits per heavy atom. The minimum Gasteiger partial charge on any atom is -0.493 e. The number of anilines is 1. The van der Waals surface area contributed by atoms with Gasteiger partial charge in [-0.25, -0.2) is 4.79 Å². The smallest absolute Gasteiger partial charge is 0.343 e. The second-order valence-electron chi connectivity index (χ2n) is 8.41. The maximum Gasteiger partial charge on any atom is 0.343 e. The Bertz CT molecular complexity index is 1240. The fourth-order valence-corrected chi connectivity index (χ4v) is 5.88. The third kappa shape index (κ3) is 4.18. The lowest BCUT2D eigenvalue weighted by molar-refractivity contribution is 0.0729. The number of benzene rings is 2. The van der Waals surface area contributed by atoms with Crippen LogP contribution in [0.1, 0.15) is 56.2 Å². The molecule has 0 fully saturated rings. The number of carbonyl (C=O) groups is 2. The summed E-state index contributed by atoms with van der Waals surface area (Å²) in [6.07, 6.45) is 2.68. The predicted octanol–water partition coefficient (Wildman–Crippen LogP) is 5.61. The molecule has 1 amide bonds. The summed E-state index contributed by atoms with van der Waals surface area (Å²) in [5.41, 5.74) is 3.17. The topological polar surface area (TPSA) is 76.7 Å². The van der Waals surface area contributed by atoms with Crippen molar-refractivity contribution in [3.05, 3.63) is 74.6 Å². The molecule has 3 aromatic rings. The van der Waals surface area contributed by atoms with E-state index in [0.29, 0.717) is 28.0 Å². The largest absolute Gasteiger partial charge is 0.493 e. The number of esters is 1. The van der Waals surface area contributed by atoms with Crippen molar-refractivity contribution in [2.24, 2.45) is 5.92 Å². The molecule has 5 rings (SSSR count). The molecule has 0 spiro atoms. The van der Waals surface area contributed by atoms with E-state index in [4.69, 9.17) is 21.1 Å². The van der Waals surface area contributed by atoms with Crippen LogP contribution in [0.15, 0.2) is 42.5 Å². The number of halogens is 1. The number of fused-ring (bicyclic) bond motifs is 3. The third-order valence-corrected chi connectivity index (χ3v) is 7.53. The lowest BCUT2D eigenvalue weighted by Gasteiger charge is -2.27. The first-order valence-electron chi connectivity index (χ1n) is 10.8. The number of hydrogen-bond donors (Lipinski definition) is 2. The molecule has 2 heterocycles. The van der Waals surface area contributed by atoms with Gasteiger partial charge in [-0.2, -0.15) is 0 Å². The summed E-state index contributed by atoms with van der Waals surface area (Å²) in [5, 5.41) is 7.99. The van der Waals surface area contributed by atoms with E-state index in [2.05, 4.69) is 17.6 Å². The van der Waals surface area contributed by atoms with Gasteiger partial charge in [0.25, 0.3) is 5.91 Å².